The number of benzene rings is 2. The maximum absolute atomic E-state index is 12.4. The highest BCUT2D eigenvalue weighted by molar-refractivity contribution is 5.98. The quantitative estimate of drug-likeness (QED) is 0.531. The number of hydrazine groups is 1. The largest absolute Gasteiger partial charge is 0.493 e. The Morgan fingerprint density at radius 2 is 1.61 bits per heavy atom. The average Bonchev–Trinajstić information content (AvgIpc) is 2.73. The second-order valence-corrected chi connectivity index (χ2v) is 7.88. The van der Waals surface area contributed by atoms with Crippen LogP contribution in [0.4, 0.5) is 5.69 Å². The predicted molar refractivity (Wildman–Crippen MR) is 121 cm³/mol. The van der Waals surface area contributed by atoms with Gasteiger partial charge in [-0.05, 0) is 61.6 Å². The highest BCUT2D eigenvalue weighted by Gasteiger charge is 2.14. The zero-order valence-electron chi connectivity index (χ0n) is 18.6. The van der Waals surface area contributed by atoms with Crippen LogP contribution < -0.4 is 20.9 Å². The van der Waals surface area contributed by atoms with Crippen molar-refractivity contribution >= 4 is 23.4 Å². The maximum Gasteiger partial charge on any atom is 0.273 e. The van der Waals surface area contributed by atoms with Gasteiger partial charge in [0.2, 0.25) is 11.8 Å². The van der Waals surface area contributed by atoms with Gasteiger partial charge in [-0.1, -0.05) is 32.0 Å². The van der Waals surface area contributed by atoms with Crippen LogP contribution in [-0.4, -0.2) is 24.3 Å². The van der Waals surface area contributed by atoms with Gasteiger partial charge in [0.1, 0.15) is 5.75 Å². The van der Waals surface area contributed by atoms with Crippen molar-refractivity contribution in [2.24, 2.45) is 5.92 Å². The van der Waals surface area contributed by atoms with Gasteiger partial charge in [0.15, 0.2) is 0 Å². The molecular weight excluding hydrogens is 394 g/mol. The van der Waals surface area contributed by atoms with E-state index in [1.165, 1.54) is 0 Å². The number of aryl methyl sites for hydroxylation is 2. The molecule has 2 aromatic rings. The van der Waals surface area contributed by atoms with Crippen molar-refractivity contribution in [2.45, 2.75) is 47.0 Å². The van der Waals surface area contributed by atoms with Crippen molar-refractivity contribution < 1.29 is 19.1 Å². The molecule has 0 unspecified atom stereocenters. The minimum Gasteiger partial charge on any atom is -0.493 e. The molecule has 0 spiro atoms. The van der Waals surface area contributed by atoms with Gasteiger partial charge in [0, 0.05) is 18.5 Å². The van der Waals surface area contributed by atoms with E-state index in [9.17, 15) is 14.4 Å². The van der Waals surface area contributed by atoms with Crippen molar-refractivity contribution in [3.63, 3.8) is 0 Å². The molecule has 0 aliphatic heterocycles. The smallest absolute Gasteiger partial charge is 0.273 e. The lowest BCUT2D eigenvalue weighted by molar-refractivity contribution is -0.124. The molecule has 2 aromatic carbocycles. The molecule has 0 radical (unpaired) electrons. The van der Waals surface area contributed by atoms with E-state index in [0.29, 0.717) is 29.5 Å². The van der Waals surface area contributed by atoms with Gasteiger partial charge >= 0.3 is 0 Å². The Bertz CT molecular complexity index is 925. The highest BCUT2D eigenvalue weighted by atomic mass is 16.5. The topological polar surface area (TPSA) is 96.5 Å². The van der Waals surface area contributed by atoms with Crippen molar-refractivity contribution in [1.29, 1.82) is 0 Å². The van der Waals surface area contributed by atoms with E-state index in [0.717, 1.165) is 17.5 Å². The molecule has 0 saturated carbocycles. The summed E-state index contributed by atoms with van der Waals surface area (Å²) in [5.41, 5.74) is 7.96. The first kappa shape index (κ1) is 23.9. The molecule has 0 saturated heterocycles. The third-order valence-corrected chi connectivity index (χ3v) is 4.77. The summed E-state index contributed by atoms with van der Waals surface area (Å²) in [5, 5.41) is 2.77. The zero-order chi connectivity index (χ0) is 22.8. The van der Waals surface area contributed by atoms with Crippen molar-refractivity contribution in [1.82, 2.24) is 10.9 Å². The summed E-state index contributed by atoms with van der Waals surface area (Å²) in [6.45, 7) is 8.66. The molecule has 0 heterocycles. The monoisotopic (exact) mass is 425 g/mol. The van der Waals surface area contributed by atoms with Crippen LogP contribution in [0.25, 0.3) is 0 Å². The standard InChI is InChI=1S/C24H31N3O4/c1-16(2)13-14-31-21-8-6-5-7-20(21)24(30)27-26-23(29)12-11-22(28)25-19-10-9-17(3)18(4)15-19/h5-10,15-16H,11-14H2,1-4H3,(H,25,28)(H,26,29)(H,27,30). The van der Waals surface area contributed by atoms with Crippen LogP contribution in [0, 0.1) is 19.8 Å². The Morgan fingerprint density at radius 1 is 0.903 bits per heavy atom. The number of hydrogen-bond acceptors (Lipinski definition) is 4. The molecule has 0 aliphatic rings. The summed E-state index contributed by atoms with van der Waals surface area (Å²) < 4.78 is 5.70. The molecular formula is C24H31N3O4. The molecule has 0 fully saturated rings. The number of rotatable bonds is 9. The third kappa shape index (κ3) is 8.12. The Balaban J connectivity index is 1.78. The van der Waals surface area contributed by atoms with Crippen molar-refractivity contribution in [3.8, 4) is 5.75 Å². The van der Waals surface area contributed by atoms with Gasteiger partial charge in [-0.15, -0.1) is 0 Å². The molecule has 0 atom stereocenters. The van der Waals surface area contributed by atoms with E-state index >= 15 is 0 Å². The minimum atomic E-state index is -0.479. The Labute approximate surface area is 183 Å². The van der Waals surface area contributed by atoms with Gasteiger partial charge < -0.3 is 10.1 Å². The number of para-hydroxylation sites is 1. The lowest BCUT2D eigenvalue weighted by Gasteiger charge is -2.13. The van der Waals surface area contributed by atoms with Crippen LogP contribution in [0.3, 0.4) is 0 Å². The number of ether oxygens (including phenoxy) is 1. The fourth-order valence-electron chi connectivity index (χ4n) is 2.71. The van der Waals surface area contributed by atoms with E-state index in [-0.39, 0.29) is 18.7 Å². The average molecular weight is 426 g/mol. The first-order chi connectivity index (χ1) is 14.8. The molecule has 3 amide bonds. The molecule has 0 bridgehead atoms. The van der Waals surface area contributed by atoms with Gasteiger partial charge in [-0.3, -0.25) is 25.2 Å². The second-order valence-electron chi connectivity index (χ2n) is 7.88. The van der Waals surface area contributed by atoms with Gasteiger partial charge in [-0.25, -0.2) is 0 Å². The predicted octanol–water partition coefficient (Wildman–Crippen LogP) is 3.91. The van der Waals surface area contributed by atoms with Crippen LogP contribution in [0.2, 0.25) is 0 Å². The molecule has 7 nitrogen and oxygen atoms in total. The molecule has 7 heteroatoms. The Morgan fingerprint density at radius 3 is 2.32 bits per heavy atom. The summed E-state index contributed by atoms with van der Waals surface area (Å²) in [6.07, 6.45) is 0.823. The van der Waals surface area contributed by atoms with Crippen LogP contribution in [0.1, 0.15) is 54.6 Å². The molecule has 0 aliphatic carbocycles. The summed E-state index contributed by atoms with van der Waals surface area (Å²) >= 11 is 0. The lowest BCUT2D eigenvalue weighted by Crippen LogP contribution is -2.42. The van der Waals surface area contributed by atoms with E-state index in [4.69, 9.17) is 4.74 Å². The minimum absolute atomic E-state index is 0.00350. The summed E-state index contributed by atoms with van der Waals surface area (Å²) in [5.74, 6) is -0.251. The number of carbonyl (C=O) groups excluding carboxylic acids is 3. The summed E-state index contributed by atoms with van der Waals surface area (Å²) in [6, 6.07) is 12.5. The maximum atomic E-state index is 12.4. The van der Waals surface area contributed by atoms with Gasteiger partial charge in [0.05, 0.1) is 12.2 Å². The normalized spacial score (nSPS) is 10.5. The van der Waals surface area contributed by atoms with Gasteiger partial charge in [-0.2, -0.15) is 0 Å². The van der Waals surface area contributed by atoms with Gasteiger partial charge in [0.25, 0.3) is 5.91 Å². The fourth-order valence-corrected chi connectivity index (χ4v) is 2.71. The number of anilines is 1. The third-order valence-electron chi connectivity index (χ3n) is 4.77. The molecule has 0 aromatic heterocycles. The zero-order valence-corrected chi connectivity index (χ0v) is 18.6. The Hall–Kier alpha value is -3.35. The molecule has 3 N–H and O–H groups in total. The van der Waals surface area contributed by atoms with Crippen molar-refractivity contribution in [2.75, 3.05) is 11.9 Å². The first-order valence-electron chi connectivity index (χ1n) is 10.4. The number of carbonyl (C=O) groups is 3. The second kappa shape index (κ2) is 11.7. The summed E-state index contributed by atoms with van der Waals surface area (Å²) in [7, 11) is 0. The van der Waals surface area contributed by atoms with Crippen LogP contribution in [0.15, 0.2) is 42.5 Å². The van der Waals surface area contributed by atoms with Crippen molar-refractivity contribution in [3.05, 3.63) is 59.2 Å². The fraction of sp³-hybridized carbons (Fsp3) is 0.375. The van der Waals surface area contributed by atoms with E-state index in [1.54, 1.807) is 24.3 Å². The van der Waals surface area contributed by atoms with Crippen LogP contribution >= 0.6 is 0 Å². The molecule has 2 rings (SSSR count). The van der Waals surface area contributed by atoms with E-state index in [1.807, 2.05) is 32.0 Å². The molecule has 31 heavy (non-hydrogen) atoms. The summed E-state index contributed by atoms with van der Waals surface area (Å²) in [4.78, 5) is 36.5. The Kier molecular flexibility index (Phi) is 9.06. The van der Waals surface area contributed by atoms with Crippen LogP contribution in [-0.2, 0) is 9.59 Å². The number of amides is 3. The highest BCUT2D eigenvalue weighted by Crippen LogP contribution is 2.18. The number of hydrogen-bond donors (Lipinski definition) is 3. The van der Waals surface area contributed by atoms with E-state index in [2.05, 4.69) is 30.0 Å². The SMILES string of the molecule is Cc1ccc(NC(=O)CCC(=O)NNC(=O)c2ccccc2OCCC(C)C)cc1C. The van der Waals surface area contributed by atoms with Crippen LogP contribution in [0.5, 0.6) is 5.75 Å². The number of nitrogens with one attached hydrogen (secondary N) is 3. The molecule has 166 valence electrons. The van der Waals surface area contributed by atoms with E-state index < -0.39 is 11.8 Å². The first-order valence-corrected chi connectivity index (χ1v) is 10.4. The lowest BCUT2D eigenvalue weighted by atomic mass is 10.1.